The summed E-state index contributed by atoms with van der Waals surface area (Å²) in [6.45, 7) is 1.73. The number of amides is 3. The number of urea groups is 1. The Morgan fingerprint density at radius 1 is 0.894 bits per heavy atom. The predicted octanol–water partition coefficient (Wildman–Crippen LogP) is 4.09. The summed E-state index contributed by atoms with van der Waals surface area (Å²) in [5.74, 6) is -1.37. The summed E-state index contributed by atoms with van der Waals surface area (Å²) in [5, 5.41) is 11.4. The molecule has 3 aromatic rings. The minimum atomic E-state index is -1.19. The maximum Gasteiger partial charge on any atom is 0.326 e. The zero-order chi connectivity index (χ0) is 33.6. The zero-order valence-electron chi connectivity index (χ0n) is 26.4. The highest BCUT2D eigenvalue weighted by molar-refractivity contribution is 5.97. The molecule has 5 rings (SSSR count). The summed E-state index contributed by atoms with van der Waals surface area (Å²) in [4.78, 5) is 50.2. The fraction of sp³-hybridized carbons (Fsp3) is 0.371. The molecule has 12 nitrogen and oxygen atoms in total. The van der Waals surface area contributed by atoms with Crippen LogP contribution in [0.1, 0.15) is 42.9 Å². The lowest BCUT2D eigenvalue weighted by atomic mass is 9.80. The van der Waals surface area contributed by atoms with E-state index in [1.807, 2.05) is 78.9 Å². The van der Waals surface area contributed by atoms with Crippen molar-refractivity contribution in [2.45, 2.75) is 50.2 Å². The van der Waals surface area contributed by atoms with Crippen LogP contribution in [0, 0.1) is 5.92 Å². The number of imide groups is 1. The van der Waals surface area contributed by atoms with E-state index in [0.29, 0.717) is 11.5 Å². The molecule has 0 bridgehead atoms. The van der Waals surface area contributed by atoms with Crippen molar-refractivity contribution in [1.29, 1.82) is 0 Å². The molecule has 4 atom stereocenters. The van der Waals surface area contributed by atoms with Crippen molar-refractivity contribution in [3.63, 3.8) is 0 Å². The van der Waals surface area contributed by atoms with Crippen molar-refractivity contribution in [3.8, 4) is 11.5 Å². The van der Waals surface area contributed by atoms with E-state index in [-0.39, 0.29) is 31.9 Å². The third-order valence-corrected chi connectivity index (χ3v) is 8.40. The number of carbonyl (C=O) groups excluding carboxylic acids is 3. The average molecular weight is 647 g/mol. The molecule has 2 saturated heterocycles. The van der Waals surface area contributed by atoms with Gasteiger partial charge in [0.1, 0.15) is 35.5 Å². The standard InChI is InChI=1S/C35H38N2O10/c1-22-20-37(34(42)36-33(22)41)30-19-28(47-32(40)18-17-31(38)39)29(46-30)21-45-35(23-7-5-4-6-8-23,24-9-13-26(43-2)14-10-24)25-11-15-27(44-3)16-12-25/h4-16,22,28-30H,17-21H2,1-3H3,(H,38,39)(H,36,41,42). The van der Waals surface area contributed by atoms with Crippen LogP contribution in [0.3, 0.4) is 0 Å². The maximum atomic E-state index is 12.8. The summed E-state index contributed by atoms with van der Waals surface area (Å²) in [5.41, 5.74) is 1.18. The third kappa shape index (κ3) is 7.39. The van der Waals surface area contributed by atoms with Crippen LogP contribution in [0.4, 0.5) is 4.79 Å². The molecule has 0 spiro atoms. The first-order chi connectivity index (χ1) is 22.6. The van der Waals surface area contributed by atoms with Gasteiger partial charge in [-0.15, -0.1) is 0 Å². The predicted molar refractivity (Wildman–Crippen MR) is 168 cm³/mol. The van der Waals surface area contributed by atoms with Crippen LogP contribution in [0.25, 0.3) is 0 Å². The molecule has 2 fully saturated rings. The fourth-order valence-electron chi connectivity index (χ4n) is 5.89. The number of hydrogen-bond acceptors (Lipinski definition) is 9. The van der Waals surface area contributed by atoms with Crippen LogP contribution >= 0.6 is 0 Å². The first-order valence-electron chi connectivity index (χ1n) is 15.3. The number of benzene rings is 3. The van der Waals surface area contributed by atoms with Crippen molar-refractivity contribution >= 4 is 23.9 Å². The number of nitrogens with one attached hydrogen (secondary N) is 1. The summed E-state index contributed by atoms with van der Waals surface area (Å²) >= 11 is 0. The Morgan fingerprint density at radius 3 is 2.02 bits per heavy atom. The summed E-state index contributed by atoms with van der Waals surface area (Å²) in [7, 11) is 3.18. The van der Waals surface area contributed by atoms with Gasteiger partial charge < -0.3 is 28.8 Å². The molecule has 0 saturated carbocycles. The smallest absolute Gasteiger partial charge is 0.326 e. The molecule has 0 aromatic heterocycles. The Bertz CT molecular complexity index is 1510. The van der Waals surface area contributed by atoms with E-state index in [1.165, 1.54) is 4.90 Å². The van der Waals surface area contributed by atoms with Crippen molar-refractivity contribution in [2.75, 3.05) is 27.4 Å². The molecule has 3 amide bonds. The first kappa shape index (κ1) is 33.4. The van der Waals surface area contributed by atoms with E-state index >= 15 is 0 Å². The van der Waals surface area contributed by atoms with Crippen LogP contribution in [-0.2, 0) is 34.2 Å². The lowest BCUT2D eigenvalue weighted by molar-refractivity contribution is -0.158. The van der Waals surface area contributed by atoms with Gasteiger partial charge in [0.2, 0.25) is 5.91 Å². The molecular weight excluding hydrogens is 608 g/mol. The number of ether oxygens (including phenoxy) is 5. The number of aliphatic carboxylic acids is 1. The molecule has 47 heavy (non-hydrogen) atoms. The lowest BCUT2D eigenvalue weighted by Crippen LogP contribution is -2.57. The van der Waals surface area contributed by atoms with Crippen molar-refractivity contribution in [1.82, 2.24) is 10.2 Å². The van der Waals surface area contributed by atoms with E-state index in [1.54, 1.807) is 21.1 Å². The van der Waals surface area contributed by atoms with Crippen LogP contribution < -0.4 is 14.8 Å². The molecule has 2 aliphatic heterocycles. The van der Waals surface area contributed by atoms with E-state index in [0.717, 1.165) is 16.7 Å². The molecular formula is C35H38N2O10. The third-order valence-electron chi connectivity index (χ3n) is 8.40. The number of nitrogens with zero attached hydrogens (tertiary/aromatic N) is 1. The zero-order valence-corrected chi connectivity index (χ0v) is 26.4. The van der Waals surface area contributed by atoms with Crippen molar-refractivity contribution < 1.29 is 48.0 Å². The second kappa shape index (κ2) is 14.7. The van der Waals surface area contributed by atoms with Crippen LogP contribution in [0.2, 0.25) is 0 Å². The van der Waals surface area contributed by atoms with Gasteiger partial charge in [-0.25, -0.2) is 4.79 Å². The minimum Gasteiger partial charge on any atom is -0.497 e. The van der Waals surface area contributed by atoms with E-state index in [4.69, 9.17) is 28.8 Å². The Kier molecular flexibility index (Phi) is 10.4. The highest BCUT2D eigenvalue weighted by Crippen LogP contribution is 2.42. The molecule has 3 aromatic carbocycles. The summed E-state index contributed by atoms with van der Waals surface area (Å²) < 4.78 is 29.9. The number of hydrogen-bond donors (Lipinski definition) is 2. The molecule has 2 aliphatic rings. The normalized spacial score (nSPS) is 21.2. The fourth-order valence-corrected chi connectivity index (χ4v) is 5.89. The van der Waals surface area contributed by atoms with Crippen molar-refractivity contribution in [3.05, 3.63) is 95.6 Å². The molecule has 0 aliphatic carbocycles. The number of methoxy groups -OCH3 is 2. The Labute approximate surface area is 272 Å². The molecule has 0 radical (unpaired) electrons. The van der Waals surface area contributed by atoms with Gasteiger partial charge >= 0.3 is 18.0 Å². The van der Waals surface area contributed by atoms with Crippen LogP contribution in [-0.4, -0.2) is 79.7 Å². The average Bonchev–Trinajstić information content (AvgIpc) is 3.48. The highest BCUT2D eigenvalue weighted by atomic mass is 16.6. The van der Waals surface area contributed by atoms with Gasteiger partial charge in [0.05, 0.1) is 39.6 Å². The van der Waals surface area contributed by atoms with Gasteiger partial charge in [-0.3, -0.25) is 24.6 Å². The number of carbonyl (C=O) groups is 4. The molecule has 2 N–H and O–H groups in total. The monoisotopic (exact) mass is 646 g/mol. The maximum absolute atomic E-state index is 12.8. The number of carboxylic acids is 1. The van der Waals surface area contributed by atoms with E-state index in [9.17, 15) is 19.2 Å². The van der Waals surface area contributed by atoms with Gasteiger partial charge in [-0.1, -0.05) is 61.5 Å². The Morgan fingerprint density at radius 2 is 1.47 bits per heavy atom. The summed E-state index contributed by atoms with van der Waals surface area (Å²) in [6, 6.07) is 24.0. The molecule has 2 heterocycles. The SMILES string of the molecule is COc1ccc(C(OCC2OC(N3CC(C)C(=O)NC3=O)CC2OC(=O)CCC(=O)O)(c2ccccc2)c2ccc(OC)cc2)cc1. The van der Waals surface area contributed by atoms with Gasteiger partial charge in [-0.2, -0.15) is 0 Å². The van der Waals surface area contributed by atoms with Crippen LogP contribution in [0.5, 0.6) is 11.5 Å². The second-order valence-corrected chi connectivity index (χ2v) is 11.4. The van der Waals surface area contributed by atoms with Gasteiger partial charge in [0.25, 0.3) is 0 Å². The molecule has 248 valence electrons. The van der Waals surface area contributed by atoms with Gasteiger partial charge in [0.15, 0.2) is 0 Å². The van der Waals surface area contributed by atoms with E-state index < -0.39 is 54.3 Å². The quantitative estimate of drug-likeness (QED) is 0.205. The van der Waals surface area contributed by atoms with Crippen LogP contribution in [0.15, 0.2) is 78.9 Å². The highest BCUT2D eigenvalue weighted by Gasteiger charge is 2.47. The largest absolute Gasteiger partial charge is 0.497 e. The lowest BCUT2D eigenvalue weighted by Gasteiger charge is -2.37. The topological polar surface area (TPSA) is 150 Å². The Balaban J connectivity index is 1.52. The summed E-state index contributed by atoms with van der Waals surface area (Å²) in [6.07, 6.45) is -3.17. The second-order valence-electron chi connectivity index (χ2n) is 11.4. The number of esters is 1. The molecule has 4 unspecified atom stereocenters. The number of carboxylic acid groups (broad SMARTS) is 1. The first-order valence-corrected chi connectivity index (χ1v) is 15.3. The van der Waals surface area contributed by atoms with Crippen molar-refractivity contribution in [2.24, 2.45) is 5.92 Å². The van der Waals surface area contributed by atoms with Gasteiger partial charge in [0, 0.05) is 13.0 Å². The molecule has 12 heteroatoms. The Hall–Kier alpha value is -4.94. The number of rotatable bonds is 13. The minimum absolute atomic E-state index is 0.0930. The van der Waals surface area contributed by atoms with E-state index in [2.05, 4.69) is 5.32 Å². The van der Waals surface area contributed by atoms with Gasteiger partial charge in [-0.05, 0) is 41.0 Å².